The zero-order valence-corrected chi connectivity index (χ0v) is 22.3. The highest BCUT2D eigenvalue weighted by atomic mass is 16.5. The molecular weight excluding hydrogens is 496 g/mol. The zero-order chi connectivity index (χ0) is 27.5. The van der Waals surface area contributed by atoms with Gasteiger partial charge in [0.15, 0.2) is 12.1 Å². The highest BCUT2D eigenvalue weighted by molar-refractivity contribution is 6.34. The van der Waals surface area contributed by atoms with E-state index in [1.807, 2.05) is 30.0 Å². The number of aromatic nitrogens is 2. The van der Waals surface area contributed by atoms with E-state index >= 15 is 0 Å². The van der Waals surface area contributed by atoms with Crippen LogP contribution in [0, 0.1) is 0 Å². The van der Waals surface area contributed by atoms with E-state index < -0.39 is 5.78 Å². The second kappa shape index (κ2) is 11.0. The van der Waals surface area contributed by atoms with Gasteiger partial charge >= 0.3 is 0 Å². The van der Waals surface area contributed by atoms with Crippen LogP contribution in [0.15, 0.2) is 60.6 Å². The third kappa shape index (κ3) is 5.21. The fraction of sp³-hybridized carbons (Fsp3) is 0.286. The van der Waals surface area contributed by atoms with E-state index in [-0.39, 0.29) is 5.70 Å². The lowest BCUT2D eigenvalue weighted by molar-refractivity contribution is -0.127. The van der Waals surface area contributed by atoms with Crippen LogP contribution in [0.5, 0.6) is 5.75 Å². The third-order valence-corrected chi connectivity index (χ3v) is 6.92. The predicted octanol–water partition coefficient (Wildman–Crippen LogP) is 3.15. The van der Waals surface area contributed by atoms with E-state index in [0.29, 0.717) is 53.1 Å². The van der Waals surface area contributed by atoms with E-state index in [4.69, 9.17) is 15.5 Å². The maximum absolute atomic E-state index is 12.7. The van der Waals surface area contributed by atoms with E-state index in [1.165, 1.54) is 0 Å². The molecule has 0 atom stereocenters. The monoisotopic (exact) mass is 528 g/mol. The van der Waals surface area contributed by atoms with Gasteiger partial charge in [0.05, 0.1) is 19.0 Å². The number of methoxy groups -OCH3 is 1. The number of nitrogens with zero attached hydrogens (tertiary/aromatic N) is 6. The van der Waals surface area contributed by atoms with Crippen LogP contribution < -0.4 is 30.5 Å². The summed E-state index contributed by atoms with van der Waals surface area (Å²) in [6.07, 6.45) is 3.63. The number of carbonyl (C=O) groups excluding carboxylic acids is 2. The Kier molecular flexibility index (Phi) is 7.33. The Balaban J connectivity index is 1.52. The topological polar surface area (TPSA) is 120 Å². The van der Waals surface area contributed by atoms with Crippen molar-refractivity contribution in [3.63, 3.8) is 0 Å². The van der Waals surface area contributed by atoms with E-state index in [9.17, 15) is 9.59 Å². The van der Waals surface area contributed by atoms with E-state index in [0.717, 1.165) is 31.9 Å². The van der Waals surface area contributed by atoms with Crippen molar-refractivity contribution in [1.82, 2.24) is 14.9 Å². The van der Waals surface area contributed by atoms with Gasteiger partial charge in [-0.05, 0) is 44.3 Å². The Labute approximate surface area is 227 Å². The molecule has 0 unspecified atom stereocenters. The molecule has 0 saturated carbocycles. The van der Waals surface area contributed by atoms with Gasteiger partial charge in [-0.1, -0.05) is 6.07 Å². The SMILES string of the molecule is CCN1C=C(C(=O)C=O)N(c2cccc(N)c2)c2nc(Nc3ccc(N4CCN(C)CC4)cc3OC)ncc21. The average molecular weight is 529 g/mol. The van der Waals surface area contributed by atoms with E-state index in [2.05, 4.69) is 33.2 Å². The van der Waals surface area contributed by atoms with Crippen LogP contribution in [-0.4, -0.2) is 73.8 Å². The Bertz CT molecular complexity index is 1420. The lowest BCUT2D eigenvalue weighted by Gasteiger charge is -2.35. The maximum Gasteiger partial charge on any atom is 0.243 e. The number of hydrogen-bond donors (Lipinski definition) is 2. The lowest BCUT2D eigenvalue weighted by Crippen LogP contribution is -2.44. The number of piperazine rings is 1. The van der Waals surface area contributed by atoms with Crippen molar-refractivity contribution < 1.29 is 14.3 Å². The first-order valence-electron chi connectivity index (χ1n) is 12.8. The molecule has 3 aromatic rings. The summed E-state index contributed by atoms with van der Waals surface area (Å²) < 4.78 is 5.70. The molecule has 0 radical (unpaired) electrons. The molecule has 0 amide bonds. The molecule has 3 heterocycles. The molecule has 0 bridgehead atoms. The van der Waals surface area contributed by atoms with Crippen LogP contribution in [-0.2, 0) is 9.59 Å². The number of ketones is 1. The summed E-state index contributed by atoms with van der Waals surface area (Å²) in [7, 11) is 3.76. The number of ether oxygens (including phenoxy) is 1. The summed E-state index contributed by atoms with van der Waals surface area (Å²) >= 11 is 0. The van der Waals surface area contributed by atoms with Crippen molar-refractivity contribution >= 4 is 52.3 Å². The summed E-state index contributed by atoms with van der Waals surface area (Å²) in [6, 6.07) is 13.1. The second-order valence-electron chi connectivity index (χ2n) is 9.42. The van der Waals surface area contributed by atoms with Gasteiger partial charge in [0.2, 0.25) is 11.7 Å². The van der Waals surface area contributed by atoms with Crippen LogP contribution in [0.4, 0.5) is 40.2 Å². The Hall–Kier alpha value is -4.64. The molecule has 11 heteroatoms. The van der Waals surface area contributed by atoms with Crippen LogP contribution in [0.1, 0.15) is 6.92 Å². The van der Waals surface area contributed by atoms with Crippen LogP contribution in [0.2, 0.25) is 0 Å². The Morgan fingerprint density at radius 1 is 1.13 bits per heavy atom. The number of nitrogen functional groups attached to an aromatic ring is 1. The quantitative estimate of drug-likeness (QED) is 0.255. The first-order chi connectivity index (χ1) is 18.9. The number of Topliss-reactive ketones (excluding diaryl/α,β-unsaturated/α-hetero) is 1. The second-order valence-corrected chi connectivity index (χ2v) is 9.42. The first-order valence-corrected chi connectivity index (χ1v) is 12.8. The predicted molar refractivity (Wildman–Crippen MR) is 153 cm³/mol. The molecule has 1 aromatic heterocycles. The molecule has 39 heavy (non-hydrogen) atoms. The summed E-state index contributed by atoms with van der Waals surface area (Å²) in [5, 5.41) is 3.27. The van der Waals surface area contributed by atoms with Gasteiger partial charge < -0.3 is 30.5 Å². The fourth-order valence-corrected chi connectivity index (χ4v) is 4.77. The van der Waals surface area contributed by atoms with Gasteiger partial charge in [-0.3, -0.25) is 14.5 Å². The fourth-order valence-electron chi connectivity index (χ4n) is 4.77. The number of allylic oxidation sites excluding steroid dienone is 1. The minimum absolute atomic E-state index is 0.170. The molecule has 0 aliphatic carbocycles. The number of hydrogen-bond acceptors (Lipinski definition) is 11. The normalized spacial score (nSPS) is 15.5. The Morgan fingerprint density at radius 2 is 1.92 bits per heavy atom. The molecule has 1 fully saturated rings. The Morgan fingerprint density at radius 3 is 2.62 bits per heavy atom. The van der Waals surface area contributed by atoms with Crippen LogP contribution >= 0.6 is 0 Å². The number of nitrogens with one attached hydrogen (secondary N) is 1. The summed E-state index contributed by atoms with van der Waals surface area (Å²) in [5.41, 5.74) is 9.82. The van der Waals surface area contributed by atoms with Crippen LogP contribution in [0.3, 0.4) is 0 Å². The molecule has 2 aliphatic heterocycles. The van der Waals surface area contributed by atoms with Crippen molar-refractivity contribution in [1.29, 1.82) is 0 Å². The van der Waals surface area contributed by atoms with Crippen molar-refractivity contribution in [2.45, 2.75) is 6.92 Å². The summed E-state index contributed by atoms with van der Waals surface area (Å²) in [5.74, 6) is 0.743. The minimum Gasteiger partial charge on any atom is -0.494 e. The number of nitrogens with two attached hydrogens (primary N) is 1. The van der Waals surface area contributed by atoms with E-state index in [1.54, 1.807) is 42.6 Å². The molecule has 2 aliphatic rings. The number of aldehydes is 1. The highest BCUT2D eigenvalue weighted by Crippen LogP contribution is 2.41. The molecular formula is C28H32N8O3. The van der Waals surface area contributed by atoms with Crippen molar-refractivity contribution in [3.05, 3.63) is 60.6 Å². The summed E-state index contributed by atoms with van der Waals surface area (Å²) in [6.45, 7) is 6.40. The molecule has 3 N–H and O–H groups in total. The molecule has 2 aromatic carbocycles. The minimum atomic E-state index is -0.671. The standard InChI is InChI=1S/C28H32N8O3/c1-4-34-17-24(25(38)18-37)36(21-7-5-6-19(29)14-21)27-23(34)16-30-28(32-27)31-22-9-8-20(15-26(22)39-3)35-12-10-33(2)11-13-35/h5-9,14-18H,4,10-13,29H2,1-3H3,(H,30,31,32). The van der Waals surface area contributed by atoms with Crippen molar-refractivity contribution in [2.75, 3.05) is 72.6 Å². The van der Waals surface area contributed by atoms with Crippen molar-refractivity contribution in [2.24, 2.45) is 0 Å². The first kappa shape index (κ1) is 26.0. The number of rotatable bonds is 8. The lowest BCUT2D eigenvalue weighted by atomic mass is 10.1. The van der Waals surface area contributed by atoms with Gasteiger partial charge in [0.1, 0.15) is 17.1 Å². The number of fused-ring (bicyclic) bond motifs is 1. The van der Waals surface area contributed by atoms with Gasteiger partial charge in [0, 0.05) is 62.1 Å². The smallest absolute Gasteiger partial charge is 0.243 e. The maximum atomic E-state index is 12.7. The number of anilines is 7. The molecule has 202 valence electrons. The summed E-state index contributed by atoms with van der Waals surface area (Å²) in [4.78, 5) is 41.8. The average Bonchev–Trinajstić information content (AvgIpc) is 2.96. The van der Waals surface area contributed by atoms with Crippen molar-refractivity contribution in [3.8, 4) is 5.75 Å². The third-order valence-electron chi connectivity index (χ3n) is 6.92. The van der Waals surface area contributed by atoms with Crippen LogP contribution in [0.25, 0.3) is 0 Å². The molecule has 5 rings (SSSR count). The van der Waals surface area contributed by atoms with Gasteiger partial charge in [0.25, 0.3) is 0 Å². The van der Waals surface area contributed by atoms with Gasteiger partial charge in [-0.2, -0.15) is 4.98 Å². The number of likely N-dealkylation sites (N-methyl/N-ethyl adjacent to an activating group) is 1. The van der Waals surface area contributed by atoms with Gasteiger partial charge in [-0.25, -0.2) is 4.98 Å². The number of carbonyl (C=O) groups is 2. The zero-order valence-electron chi connectivity index (χ0n) is 22.3. The largest absolute Gasteiger partial charge is 0.494 e. The molecule has 1 saturated heterocycles. The highest BCUT2D eigenvalue weighted by Gasteiger charge is 2.31. The molecule has 0 spiro atoms. The molecule has 11 nitrogen and oxygen atoms in total. The van der Waals surface area contributed by atoms with Gasteiger partial charge in [-0.15, -0.1) is 0 Å². The number of benzene rings is 2.